The van der Waals surface area contributed by atoms with E-state index in [2.05, 4.69) is 12.3 Å². The van der Waals surface area contributed by atoms with Crippen molar-refractivity contribution >= 4 is 11.8 Å². The molecule has 0 radical (unpaired) electrons. The van der Waals surface area contributed by atoms with Gasteiger partial charge in [-0.15, -0.1) is 0 Å². The average molecular weight is 251 g/mol. The Hall–Kier alpha value is -1.34. The molecular weight excluding hydrogens is 234 g/mol. The van der Waals surface area contributed by atoms with Crippen molar-refractivity contribution in [2.24, 2.45) is 5.92 Å². The molecule has 0 aliphatic rings. The van der Waals surface area contributed by atoms with Crippen LogP contribution in [-0.4, -0.2) is 20.0 Å². The standard InChI is InChI=1S/C13H17NO2S/c1-10(8-17-9-14)6-11-4-5-12(15-2)13(7-11)16-3/h4-5,7,10H,6,8H2,1-3H3. The van der Waals surface area contributed by atoms with Gasteiger partial charge in [-0.2, -0.15) is 5.26 Å². The van der Waals surface area contributed by atoms with Crippen LogP contribution in [0.4, 0.5) is 0 Å². The molecule has 1 unspecified atom stereocenters. The molecule has 0 N–H and O–H groups in total. The van der Waals surface area contributed by atoms with Gasteiger partial charge in [-0.05, 0) is 41.8 Å². The quantitative estimate of drug-likeness (QED) is 0.729. The van der Waals surface area contributed by atoms with Gasteiger partial charge in [0.2, 0.25) is 0 Å². The number of nitrogens with zero attached hydrogens (tertiary/aromatic N) is 1. The van der Waals surface area contributed by atoms with Crippen molar-refractivity contribution < 1.29 is 9.47 Å². The van der Waals surface area contributed by atoms with E-state index in [-0.39, 0.29) is 0 Å². The van der Waals surface area contributed by atoms with Crippen LogP contribution < -0.4 is 9.47 Å². The van der Waals surface area contributed by atoms with Crippen LogP contribution >= 0.6 is 11.8 Å². The summed E-state index contributed by atoms with van der Waals surface area (Å²) in [6, 6.07) is 5.94. The van der Waals surface area contributed by atoms with Gasteiger partial charge >= 0.3 is 0 Å². The SMILES string of the molecule is COc1ccc(CC(C)CSC#N)cc1OC. The largest absolute Gasteiger partial charge is 0.493 e. The van der Waals surface area contributed by atoms with Gasteiger partial charge in [-0.25, -0.2) is 0 Å². The van der Waals surface area contributed by atoms with Gasteiger partial charge in [0.25, 0.3) is 0 Å². The number of rotatable bonds is 6. The van der Waals surface area contributed by atoms with Gasteiger partial charge in [-0.3, -0.25) is 0 Å². The Morgan fingerprint density at radius 1 is 1.29 bits per heavy atom. The van der Waals surface area contributed by atoms with Crippen molar-refractivity contribution in [1.82, 2.24) is 0 Å². The Labute approximate surface area is 107 Å². The van der Waals surface area contributed by atoms with Crippen LogP contribution in [0.2, 0.25) is 0 Å². The highest BCUT2D eigenvalue weighted by Gasteiger charge is 2.08. The minimum atomic E-state index is 0.470. The number of nitriles is 1. The summed E-state index contributed by atoms with van der Waals surface area (Å²) in [7, 11) is 3.26. The van der Waals surface area contributed by atoms with Gasteiger partial charge in [-0.1, -0.05) is 13.0 Å². The van der Waals surface area contributed by atoms with Gasteiger partial charge in [0.05, 0.1) is 14.2 Å². The third-order valence-electron chi connectivity index (χ3n) is 2.46. The van der Waals surface area contributed by atoms with E-state index in [1.165, 1.54) is 17.3 Å². The van der Waals surface area contributed by atoms with Crippen molar-refractivity contribution in [1.29, 1.82) is 5.26 Å². The summed E-state index contributed by atoms with van der Waals surface area (Å²) in [4.78, 5) is 0. The number of ether oxygens (including phenoxy) is 2. The number of methoxy groups -OCH3 is 2. The molecule has 0 saturated carbocycles. The van der Waals surface area contributed by atoms with E-state index in [9.17, 15) is 0 Å². The summed E-state index contributed by atoms with van der Waals surface area (Å²) in [6.45, 7) is 2.14. The summed E-state index contributed by atoms with van der Waals surface area (Å²) >= 11 is 1.30. The number of hydrogen-bond acceptors (Lipinski definition) is 4. The molecule has 0 aliphatic carbocycles. The fourth-order valence-corrected chi connectivity index (χ4v) is 2.13. The van der Waals surface area contributed by atoms with E-state index in [0.717, 1.165) is 23.7 Å². The molecular formula is C13H17NO2S. The monoisotopic (exact) mass is 251 g/mol. The Morgan fingerprint density at radius 3 is 2.59 bits per heavy atom. The van der Waals surface area contributed by atoms with Crippen LogP contribution in [-0.2, 0) is 6.42 Å². The molecule has 92 valence electrons. The van der Waals surface area contributed by atoms with E-state index in [4.69, 9.17) is 14.7 Å². The second kappa shape index (κ2) is 7.08. The van der Waals surface area contributed by atoms with E-state index < -0.39 is 0 Å². The highest BCUT2D eigenvalue weighted by atomic mass is 32.2. The first-order valence-corrected chi connectivity index (χ1v) is 6.41. The third-order valence-corrected chi connectivity index (χ3v) is 3.33. The summed E-state index contributed by atoms with van der Waals surface area (Å²) in [5.74, 6) is 2.82. The van der Waals surface area contributed by atoms with E-state index in [0.29, 0.717) is 5.92 Å². The van der Waals surface area contributed by atoms with Gasteiger partial charge < -0.3 is 9.47 Å². The molecule has 1 atom stereocenters. The highest BCUT2D eigenvalue weighted by molar-refractivity contribution is 8.03. The van der Waals surface area contributed by atoms with Gasteiger partial charge in [0, 0.05) is 5.75 Å². The molecule has 0 heterocycles. The smallest absolute Gasteiger partial charge is 0.160 e. The lowest BCUT2D eigenvalue weighted by Gasteiger charge is -2.12. The first-order chi connectivity index (χ1) is 8.21. The predicted octanol–water partition coefficient (Wildman–Crippen LogP) is 3.10. The van der Waals surface area contributed by atoms with Crippen LogP contribution in [0.5, 0.6) is 11.5 Å². The molecule has 3 nitrogen and oxygen atoms in total. The zero-order chi connectivity index (χ0) is 12.7. The van der Waals surface area contributed by atoms with Crippen LogP contribution in [0.15, 0.2) is 18.2 Å². The zero-order valence-electron chi connectivity index (χ0n) is 10.4. The summed E-state index contributed by atoms with van der Waals surface area (Å²) in [5.41, 5.74) is 1.20. The van der Waals surface area contributed by atoms with Crippen LogP contribution in [0.25, 0.3) is 0 Å². The minimum absolute atomic E-state index is 0.470. The maximum absolute atomic E-state index is 8.51. The van der Waals surface area contributed by atoms with Crippen molar-refractivity contribution in [3.63, 3.8) is 0 Å². The molecule has 0 aromatic heterocycles. The maximum Gasteiger partial charge on any atom is 0.160 e. The Bertz CT molecular complexity index is 401. The summed E-state index contributed by atoms with van der Waals surface area (Å²) in [6.07, 6.45) is 0.940. The lowest BCUT2D eigenvalue weighted by atomic mass is 10.0. The number of thioether (sulfide) groups is 1. The van der Waals surface area contributed by atoms with Crippen molar-refractivity contribution in [2.45, 2.75) is 13.3 Å². The maximum atomic E-state index is 8.51. The third kappa shape index (κ3) is 4.20. The second-order valence-corrected chi connectivity index (χ2v) is 4.71. The number of benzene rings is 1. The van der Waals surface area contributed by atoms with Crippen molar-refractivity contribution in [2.75, 3.05) is 20.0 Å². The van der Waals surface area contributed by atoms with E-state index >= 15 is 0 Å². The van der Waals surface area contributed by atoms with E-state index in [1.807, 2.05) is 18.2 Å². The second-order valence-electron chi connectivity index (χ2n) is 3.90. The molecule has 1 rings (SSSR count). The first kappa shape index (κ1) is 13.7. The number of thiocyanates is 1. The molecule has 0 saturated heterocycles. The molecule has 0 spiro atoms. The zero-order valence-corrected chi connectivity index (χ0v) is 11.2. The van der Waals surface area contributed by atoms with Crippen LogP contribution in [0.1, 0.15) is 12.5 Å². The molecule has 0 amide bonds. The van der Waals surface area contributed by atoms with Gasteiger partial charge in [0.1, 0.15) is 5.40 Å². The van der Waals surface area contributed by atoms with Crippen molar-refractivity contribution in [3.8, 4) is 16.9 Å². The summed E-state index contributed by atoms with van der Waals surface area (Å²) < 4.78 is 10.4. The van der Waals surface area contributed by atoms with Crippen LogP contribution in [0.3, 0.4) is 0 Å². The lowest BCUT2D eigenvalue weighted by molar-refractivity contribution is 0.354. The Morgan fingerprint density at radius 2 is 2.00 bits per heavy atom. The fourth-order valence-electron chi connectivity index (χ4n) is 1.65. The molecule has 1 aromatic rings. The molecule has 0 fully saturated rings. The number of hydrogen-bond donors (Lipinski definition) is 0. The predicted molar refractivity (Wildman–Crippen MR) is 70.5 cm³/mol. The summed E-state index contributed by atoms with van der Waals surface area (Å²) in [5, 5.41) is 10.6. The minimum Gasteiger partial charge on any atom is -0.493 e. The Kier molecular flexibility index (Phi) is 5.71. The van der Waals surface area contributed by atoms with Crippen LogP contribution in [0, 0.1) is 16.6 Å². The molecule has 17 heavy (non-hydrogen) atoms. The van der Waals surface area contributed by atoms with Crippen molar-refractivity contribution in [3.05, 3.63) is 23.8 Å². The Balaban J connectivity index is 2.69. The molecule has 1 aromatic carbocycles. The topological polar surface area (TPSA) is 42.2 Å². The highest BCUT2D eigenvalue weighted by Crippen LogP contribution is 2.28. The average Bonchev–Trinajstić information content (AvgIpc) is 2.36. The molecule has 0 aliphatic heterocycles. The first-order valence-electron chi connectivity index (χ1n) is 5.43. The molecule has 0 bridgehead atoms. The lowest BCUT2D eigenvalue weighted by Crippen LogP contribution is -2.03. The van der Waals surface area contributed by atoms with Gasteiger partial charge in [0.15, 0.2) is 11.5 Å². The molecule has 4 heteroatoms. The van der Waals surface area contributed by atoms with E-state index in [1.54, 1.807) is 14.2 Å². The normalized spacial score (nSPS) is 11.6. The fraction of sp³-hybridized carbons (Fsp3) is 0.462.